The maximum Gasteiger partial charge on any atom is 0.255 e. The normalized spacial score (nSPS) is 11.8. The van der Waals surface area contributed by atoms with E-state index in [1.54, 1.807) is 30.5 Å². The van der Waals surface area contributed by atoms with E-state index >= 15 is 0 Å². The van der Waals surface area contributed by atoms with Crippen LogP contribution in [0.2, 0.25) is 0 Å². The highest BCUT2D eigenvalue weighted by atomic mass is 19.1. The molecule has 2 aromatic rings. The number of halogens is 1. The summed E-state index contributed by atoms with van der Waals surface area (Å²) >= 11 is 0. The maximum absolute atomic E-state index is 13.3. The number of carbonyl (C=O) groups is 1. The number of pyridine rings is 1. The van der Waals surface area contributed by atoms with E-state index < -0.39 is 0 Å². The average Bonchev–Trinajstić information content (AvgIpc) is 2.53. The molecular formula is C17H20FN3O2. The van der Waals surface area contributed by atoms with Gasteiger partial charge in [0.15, 0.2) is 0 Å². The maximum atomic E-state index is 13.3. The summed E-state index contributed by atoms with van der Waals surface area (Å²) in [5.74, 6) is -0.0813. The van der Waals surface area contributed by atoms with Gasteiger partial charge in [0.2, 0.25) is 0 Å². The Morgan fingerprint density at radius 1 is 1.35 bits per heavy atom. The zero-order valence-electron chi connectivity index (χ0n) is 12.9. The molecule has 0 saturated heterocycles. The van der Waals surface area contributed by atoms with Gasteiger partial charge < -0.3 is 15.7 Å². The molecule has 0 aliphatic heterocycles. The number of nitrogens with zero attached hydrogens (tertiary/aromatic N) is 1. The molecule has 6 heteroatoms. The molecule has 1 unspecified atom stereocenters. The Labute approximate surface area is 134 Å². The smallest absolute Gasteiger partial charge is 0.255 e. The van der Waals surface area contributed by atoms with E-state index in [4.69, 9.17) is 5.11 Å². The molecule has 1 atom stereocenters. The van der Waals surface area contributed by atoms with E-state index in [9.17, 15) is 9.18 Å². The van der Waals surface area contributed by atoms with Gasteiger partial charge in [-0.25, -0.2) is 9.37 Å². The van der Waals surface area contributed by atoms with E-state index in [0.29, 0.717) is 30.0 Å². The fourth-order valence-electron chi connectivity index (χ4n) is 2.08. The topological polar surface area (TPSA) is 74.2 Å². The molecule has 2 rings (SSSR count). The first-order valence-corrected chi connectivity index (χ1v) is 7.47. The molecule has 0 radical (unpaired) electrons. The first-order chi connectivity index (χ1) is 11.1. The Morgan fingerprint density at radius 2 is 2.17 bits per heavy atom. The Balaban J connectivity index is 2.09. The molecular weight excluding hydrogens is 297 g/mol. The molecule has 0 saturated carbocycles. The summed E-state index contributed by atoms with van der Waals surface area (Å²) in [7, 11) is 0. The van der Waals surface area contributed by atoms with Crippen molar-refractivity contribution in [3.05, 3.63) is 54.0 Å². The molecule has 0 spiro atoms. The van der Waals surface area contributed by atoms with Crippen molar-refractivity contribution < 1.29 is 14.3 Å². The number of carbonyl (C=O) groups excluding carboxylic acids is 1. The lowest BCUT2D eigenvalue weighted by molar-refractivity contribution is 0.0946. The molecule has 122 valence electrons. The van der Waals surface area contributed by atoms with Gasteiger partial charge in [-0.1, -0.05) is 13.0 Å². The second-order valence-electron chi connectivity index (χ2n) is 5.36. The van der Waals surface area contributed by atoms with Gasteiger partial charge in [-0.05, 0) is 42.7 Å². The molecule has 23 heavy (non-hydrogen) atoms. The van der Waals surface area contributed by atoms with Crippen molar-refractivity contribution in [2.75, 3.05) is 18.5 Å². The molecule has 1 heterocycles. The zero-order chi connectivity index (χ0) is 16.7. The minimum absolute atomic E-state index is 0.0936. The third kappa shape index (κ3) is 5.03. The Kier molecular flexibility index (Phi) is 6.05. The Hall–Kier alpha value is -2.47. The van der Waals surface area contributed by atoms with Crippen LogP contribution < -0.4 is 10.6 Å². The van der Waals surface area contributed by atoms with E-state index in [1.165, 1.54) is 12.1 Å². The summed E-state index contributed by atoms with van der Waals surface area (Å²) < 4.78 is 13.3. The summed E-state index contributed by atoms with van der Waals surface area (Å²) in [6.45, 7) is 2.51. The lowest BCUT2D eigenvalue weighted by Gasteiger charge is -2.13. The summed E-state index contributed by atoms with van der Waals surface area (Å²) in [5.41, 5.74) is 0.902. The quantitative estimate of drug-likeness (QED) is 0.734. The van der Waals surface area contributed by atoms with Crippen molar-refractivity contribution in [3.8, 4) is 0 Å². The van der Waals surface area contributed by atoms with E-state index in [1.807, 2.05) is 6.92 Å². The molecule has 1 aromatic heterocycles. The summed E-state index contributed by atoms with van der Waals surface area (Å²) in [4.78, 5) is 16.5. The summed E-state index contributed by atoms with van der Waals surface area (Å²) in [5, 5.41) is 14.7. The van der Waals surface area contributed by atoms with Gasteiger partial charge in [-0.15, -0.1) is 0 Å². The number of anilines is 2. The monoisotopic (exact) mass is 317 g/mol. The van der Waals surface area contributed by atoms with Gasteiger partial charge in [0.05, 0.1) is 5.56 Å². The van der Waals surface area contributed by atoms with E-state index in [0.717, 1.165) is 0 Å². The minimum atomic E-state index is -0.366. The fraction of sp³-hybridized carbons (Fsp3) is 0.294. The summed E-state index contributed by atoms with van der Waals surface area (Å²) in [6, 6.07) is 9.28. The SMILES string of the molecule is CC(CCO)CNC(=O)c1cccnc1Nc1cccc(F)c1. The van der Waals surface area contributed by atoms with Crippen molar-refractivity contribution in [2.45, 2.75) is 13.3 Å². The van der Waals surface area contributed by atoms with Crippen LogP contribution in [0.25, 0.3) is 0 Å². The summed E-state index contributed by atoms with van der Waals surface area (Å²) in [6.07, 6.45) is 2.19. The van der Waals surface area contributed by atoms with Crippen LogP contribution in [0.15, 0.2) is 42.6 Å². The van der Waals surface area contributed by atoms with Crippen LogP contribution in [0.1, 0.15) is 23.7 Å². The Morgan fingerprint density at radius 3 is 2.91 bits per heavy atom. The second-order valence-corrected chi connectivity index (χ2v) is 5.36. The van der Waals surface area contributed by atoms with Crippen LogP contribution in [0.4, 0.5) is 15.9 Å². The van der Waals surface area contributed by atoms with Crippen molar-refractivity contribution in [2.24, 2.45) is 5.92 Å². The standard InChI is InChI=1S/C17H20FN3O2/c1-12(7-9-22)11-20-17(23)15-6-3-8-19-16(15)21-14-5-2-4-13(18)10-14/h2-6,8,10,12,22H,7,9,11H2,1H3,(H,19,21)(H,20,23). The molecule has 3 N–H and O–H groups in total. The van der Waals surface area contributed by atoms with E-state index in [2.05, 4.69) is 15.6 Å². The molecule has 0 fully saturated rings. The number of benzene rings is 1. The number of rotatable bonds is 7. The first-order valence-electron chi connectivity index (χ1n) is 7.47. The highest BCUT2D eigenvalue weighted by Gasteiger charge is 2.13. The number of aliphatic hydroxyl groups excluding tert-OH is 1. The molecule has 0 aliphatic carbocycles. The predicted molar refractivity (Wildman–Crippen MR) is 87.1 cm³/mol. The highest BCUT2D eigenvalue weighted by molar-refractivity contribution is 5.99. The second kappa shape index (κ2) is 8.24. The van der Waals surface area contributed by atoms with Crippen LogP contribution in [0.5, 0.6) is 0 Å². The van der Waals surface area contributed by atoms with Gasteiger partial charge in [-0.3, -0.25) is 4.79 Å². The number of aliphatic hydroxyl groups is 1. The van der Waals surface area contributed by atoms with Crippen molar-refractivity contribution in [1.29, 1.82) is 0 Å². The molecule has 5 nitrogen and oxygen atoms in total. The van der Waals surface area contributed by atoms with Crippen LogP contribution >= 0.6 is 0 Å². The average molecular weight is 317 g/mol. The fourth-order valence-corrected chi connectivity index (χ4v) is 2.08. The van der Waals surface area contributed by atoms with Crippen LogP contribution in [-0.2, 0) is 0 Å². The van der Waals surface area contributed by atoms with Crippen molar-refractivity contribution in [1.82, 2.24) is 10.3 Å². The van der Waals surface area contributed by atoms with Crippen molar-refractivity contribution >= 4 is 17.4 Å². The molecule has 0 aliphatic rings. The third-order valence-electron chi connectivity index (χ3n) is 3.37. The number of aromatic nitrogens is 1. The zero-order valence-corrected chi connectivity index (χ0v) is 12.9. The van der Waals surface area contributed by atoms with Gasteiger partial charge in [0.25, 0.3) is 5.91 Å². The number of amides is 1. The number of nitrogens with one attached hydrogen (secondary N) is 2. The van der Waals surface area contributed by atoms with Gasteiger partial charge >= 0.3 is 0 Å². The van der Waals surface area contributed by atoms with Crippen LogP contribution in [-0.4, -0.2) is 29.1 Å². The predicted octanol–water partition coefficient (Wildman–Crippen LogP) is 2.71. The lowest BCUT2D eigenvalue weighted by atomic mass is 10.1. The van der Waals surface area contributed by atoms with Crippen LogP contribution in [0, 0.1) is 11.7 Å². The molecule has 1 amide bonds. The minimum Gasteiger partial charge on any atom is -0.396 e. The van der Waals surface area contributed by atoms with Gasteiger partial charge in [0, 0.05) is 25.0 Å². The molecule has 0 bridgehead atoms. The Bertz CT molecular complexity index is 664. The lowest BCUT2D eigenvalue weighted by Crippen LogP contribution is -2.29. The first kappa shape index (κ1) is 16.9. The van der Waals surface area contributed by atoms with Crippen molar-refractivity contribution in [3.63, 3.8) is 0 Å². The number of hydrogen-bond acceptors (Lipinski definition) is 4. The highest BCUT2D eigenvalue weighted by Crippen LogP contribution is 2.19. The van der Waals surface area contributed by atoms with Gasteiger partial charge in [0.1, 0.15) is 11.6 Å². The van der Waals surface area contributed by atoms with Gasteiger partial charge in [-0.2, -0.15) is 0 Å². The number of hydrogen-bond donors (Lipinski definition) is 3. The largest absolute Gasteiger partial charge is 0.396 e. The molecule has 1 aromatic carbocycles. The van der Waals surface area contributed by atoms with E-state index in [-0.39, 0.29) is 24.2 Å². The third-order valence-corrected chi connectivity index (χ3v) is 3.37. The van der Waals surface area contributed by atoms with Crippen LogP contribution in [0.3, 0.4) is 0 Å².